The van der Waals surface area contributed by atoms with Gasteiger partial charge in [-0.2, -0.15) is 0 Å². The Hall–Kier alpha value is -2.37. The van der Waals surface area contributed by atoms with Crippen molar-refractivity contribution in [3.63, 3.8) is 0 Å². The van der Waals surface area contributed by atoms with Crippen LogP contribution in [-0.4, -0.2) is 55.2 Å². The highest BCUT2D eigenvalue weighted by Crippen LogP contribution is 2.17. The molecule has 1 aliphatic heterocycles. The number of aryl methyl sites for hydroxylation is 1. The first-order chi connectivity index (χ1) is 13.1. The molecule has 0 radical (unpaired) electrons. The van der Waals surface area contributed by atoms with E-state index in [1.54, 1.807) is 18.2 Å². The van der Waals surface area contributed by atoms with E-state index in [4.69, 9.17) is 5.11 Å². The van der Waals surface area contributed by atoms with Gasteiger partial charge in [0.2, 0.25) is 0 Å². The number of aromatic carboxylic acids is 1. The van der Waals surface area contributed by atoms with Crippen LogP contribution in [0, 0.1) is 6.92 Å². The Kier molecular flexibility index (Phi) is 6.85. The summed E-state index contributed by atoms with van der Waals surface area (Å²) < 4.78 is 0. The minimum atomic E-state index is -0.873. The molecule has 5 heteroatoms. The van der Waals surface area contributed by atoms with Crippen LogP contribution in [0.5, 0.6) is 0 Å². The Labute approximate surface area is 161 Å². The van der Waals surface area contributed by atoms with Gasteiger partial charge in [-0.05, 0) is 61.8 Å². The second kappa shape index (κ2) is 9.53. The molecule has 0 amide bonds. The molecule has 144 valence electrons. The lowest BCUT2D eigenvalue weighted by Crippen LogP contribution is -2.47. The monoisotopic (exact) mass is 367 g/mol. The lowest BCUT2D eigenvalue weighted by molar-refractivity contribution is 0.0696. The third-order valence-electron chi connectivity index (χ3n) is 5.07. The van der Waals surface area contributed by atoms with Gasteiger partial charge in [0.1, 0.15) is 0 Å². The third kappa shape index (κ3) is 5.81. The zero-order valence-electron chi connectivity index (χ0n) is 16.0. The lowest BCUT2D eigenvalue weighted by atomic mass is 10.1. The summed E-state index contributed by atoms with van der Waals surface area (Å²) >= 11 is 0. The fourth-order valence-corrected chi connectivity index (χ4v) is 3.53. The molecule has 27 heavy (non-hydrogen) atoms. The molecule has 0 bridgehead atoms. The molecule has 1 aliphatic rings. The molecular weight excluding hydrogens is 338 g/mol. The van der Waals surface area contributed by atoms with Crippen LogP contribution in [0.4, 0.5) is 5.69 Å². The summed E-state index contributed by atoms with van der Waals surface area (Å²) in [4.78, 5) is 16.0. The second-order valence-corrected chi connectivity index (χ2v) is 7.20. The maximum absolute atomic E-state index is 11.0. The zero-order chi connectivity index (χ0) is 19.1. The predicted octanol–water partition coefficient (Wildman–Crippen LogP) is 3.00. The van der Waals surface area contributed by atoms with Crippen LogP contribution in [0.1, 0.15) is 27.9 Å². The molecule has 2 aromatic carbocycles. The van der Waals surface area contributed by atoms with Gasteiger partial charge in [-0.25, -0.2) is 4.79 Å². The first-order valence-corrected chi connectivity index (χ1v) is 9.69. The van der Waals surface area contributed by atoms with Crippen molar-refractivity contribution in [1.29, 1.82) is 0 Å². The van der Waals surface area contributed by atoms with E-state index in [0.717, 1.165) is 51.3 Å². The molecule has 0 atom stereocenters. The van der Waals surface area contributed by atoms with Gasteiger partial charge < -0.3 is 15.3 Å². The summed E-state index contributed by atoms with van der Waals surface area (Å²) in [5.74, 6) is -0.873. The van der Waals surface area contributed by atoms with E-state index in [-0.39, 0.29) is 0 Å². The molecule has 2 N–H and O–H groups in total. The minimum Gasteiger partial charge on any atom is -0.478 e. The smallest absolute Gasteiger partial charge is 0.335 e. The van der Waals surface area contributed by atoms with Crippen molar-refractivity contribution in [3.8, 4) is 0 Å². The van der Waals surface area contributed by atoms with Crippen LogP contribution in [0.15, 0.2) is 48.5 Å². The zero-order valence-corrected chi connectivity index (χ0v) is 16.0. The molecular formula is C22H29N3O2. The van der Waals surface area contributed by atoms with Crippen molar-refractivity contribution < 1.29 is 9.90 Å². The van der Waals surface area contributed by atoms with E-state index in [9.17, 15) is 4.79 Å². The van der Waals surface area contributed by atoms with Gasteiger partial charge in [-0.1, -0.05) is 24.3 Å². The van der Waals surface area contributed by atoms with E-state index in [1.165, 1.54) is 11.3 Å². The normalized spacial score (nSPS) is 15.1. The van der Waals surface area contributed by atoms with Gasteiger partial charge in [-0.3, -0.25) is 4.90 Å². The summed E-state index contributed by atoms with van der Waals surface area (Å²) in [6.07, 6.45) is 1.10. The van der Waals surface area contributed by atoms with Crippen LogP contribution in [0.3, 0.4) is 0 Å². The molecule has 1 heterocycles. The van der Waals surface area contributed by atoms with Crippen molar-refractivity contribution in [3.05, 3.63) is 65.2 Å². The molecule has 0 saturated carbocycles. The fourth-order valence-electron chi connectivity index (χ4n) is 3.53. The molecule has 1 fully saturated rings. The number of hydrogen-bond donors (Lipinski definition) is 2. The van der Waals surface area contributed by atoms with Crippen LogP contribution < -0.4 is 10.2 Å². The van der Waals surface area contributed by atoms with Crippen LogP contribution in [-0.2, 0) is 6.54 Å². The number of nitrogens with one attached hydrogen (secondary N) is 1. The summed E-state index contributed by atoms with van der Waals surface area (Å²) in [7, 11) is 0. The largest absolute Gasteiger partial charge is 0.478 e. The van der Waals surface area contributed by atoms with E-state index in [2.05, 4.69) is 46.3 Å². The van der Waals surface area contributed by atoms with Crippen LogP contribution in [0.25, 0.3) is 0 Å². The highest BCUT2D eigenvalue weighted by atomic mass is 16.4. The molecule has 5 nitrogen and oxygen atoms in total. The Balaban J connectivity index is 1.33. The fraction of sp³-hybridized carbons (Fsp3) is 0.409. The summed E-state index contributed by atoms with van der Waals surface area (Å²) in [5, 5.41) is 12.5. The van der Waals surface area contributed by atoms with Gasteiger partial charge in [0.15, 0.2) is 0 Å². The molecule has 0 unspecified atom stereocenters. The van der Waals surface area contributed by atoms with Crippen molar-refractivity contribution in [1.82, 2.24) is 10.2 Å². The number of piperazine rings is 1. The highest BCUT2D eigenvalue weighted by molar-refractivity contribution is 5.87. The minimum absolute atomic E-state index is 0.348. The summed E-state index contributed by atoms with van der Waals surface area (Å²) in [6, 6.07) is 15.9. The summed E-state index contributed by atoms with van der Waals surface area (Å²) in [6.45, 7) is 9.27. The SMILES string of the molecule is Cc1cccc(N2CCN(CCCNCc3cccc(C(=O)O)c3)CC2)c1. The van der Waals surface area contributed by atoms with Gasteiger partial charge in [0, 0.05) is 38.4 Å². The topological polar surface area (TPSA) is 55.8 Å². The highest BCUT2D eigenvalue weighted by Gasteiger charge is 2.16. The van der Waals surface area contributed by atoms with E-state index < -0.39 is 5.97 Å². The molecule has 3 rings (SSSR count). The maximum atomic E-state index is 11.0. The summed E-state index contributed by atoms with van der Waals surface area (Å²) in [5.41, 5.74) is 4.01. The number of carbonyl (C=O) groups is 1. The Morgan fingerprint density at radius 2 is 1.85 bits per heavy atom. The number of carboxylic acid groups (broad SMARTS) is 1. The Morgan fingerprint density at radius 3 is 2.59 bits per heavy atom. The number of rotatable bonds is 8. The van der Waals surface area contributed by atoms with E-state index >= 15 is 0 Å². The first kappa shape index (κ1) is 19.4. The lowest BCUT2D eigenvalue weighted by Gasteiger charge is -2.36. The molecule has 0 aromatic heterocycles. The third-order valence-corrected chi connectivity index (χ3v) is 5.07. The predicted molar refractivity (Wildman–Crippen MR) is 110 cm³/mol. The average Bonchev–Trinajstić information content (AvgIpc) is 2.68. The number of carboxylic acids is 1. The number of nitrogens with zero attached hydrogens (tertiary/aromatic N) is 2. The number of benzene rings is 2. The number of anilines is 1. The van der Waals surface area contributed by atoms with Crippen molar-refractivity contribution >= 4 is 11.7 Å². The van der Waals surface area contributed by atoms with Gasteiger partial charge in [0.25, 0.3) is 0 Å². The van der Waals surface area contributed by atoms with Crippen LogP contribution in [0.2, 0.25) is 0 Å². The standard InChI is InChI=1S/C22H29N3O2/c1-18-5-2-8-21(15-18)25-13-11-24(12-14-25)10-4-9-23-17-19-6-3-7-20(16-19)22(26)27/h2-3,5-8,15-16,23H,4,9-14,17H2,1H3,(H,26,27). The number of hydrogen-bond acceptors (Lipinski definition) is 4. The van der Waals surface area contributed by atoms with E-state index in [0.29, 0.717) is 12.1 Å². The molecule has 0 aliphatic carbocycles. The molecule has 2 aromatic rings. The Morgan fingerprint density at radius 1 is 1.07 bits per heavy atom. The Bertz CT molecular complexity index is 755. The van der Waals surface area contributed by atoms with Gasteiger partial charge in [0.05, 0.1) is 5.56 Å². The van der Waals surface area contributed by atoms with Gasteiger partial charge in [-0.15, -0.1) is 0 Å². The van der Waals surface area contributed by atoms with Crippen molar-refractivity contribution in [2.24, 2.45) is 0 Å². The van der Waals surface area contributed by atoms with Crippen molar-refractivity contribution in [2.75, 3.05) is 44.2 Å². The second-order valence-electron chi connectivity index (χ2n) is 7.20. The molecule has 0 spiro atoms. The maximum Gasteiger partial charge on any atom is 0.335 e. The average molecular weight is 367 g/mol. The molecule has 1 saturated heterocycles. The van der Waals surface area contributed by atoms with E-state index in [1.807, 2.05) is 6.07 Å². The first-order valence-electron chi connectivity index (χ1n) is 9.69. The van der Waals surface area contributed by atoms with Crippen LogP contribution >= 0.6 is 0 Å². The quantitative estimate of drug-likeness (QED) is 0.703. The van der Waals surface area contributed by atoms with Gasteiger partial charge >= 0.3 is 5.97 Å². The van der Waals surface area contributed by atoms with Crippen molar-refractivity contribution in [2.45, 2.75) is 19.9 Å².